The average molecular weight is 459 g/mol. The first-order valence-corrected chi connectivity index (χ1v) is 13.9. The van der Waals surface area contributed by atoms with E-state index in [1.54, 1.807) is 0 Å². The van der Waals surface area contributed by atoms with Crippen LogP contribution in [0.1, 0.15) is 100 Å². The summed E-state index contributed by atoms with van der Waals surface area (Å²) in [4.78, 5) is 0. The van der Waals surface area contributed by atoms with Crippen molar-refractivity contribution in [3.63, 3.8) is 0 Å². The van der Waals surface area contributed by atoms with Crippen LogP contribution in [-0.2, 0) is 0 Å². The third-order valence-electron chi connectivity index (χ3n) is 13.4. The van der Waals surface area contributed by atoms with Crippen molar-refractivity contribution >= 4 is 0 Å². The molecule has 0 aromatic rings. The summed E-state index contributed by atoms with van der Waals surface area (Å²) >= 11 is 0. The molecule has 4 saturated carbocycles. The lowest BCUT2D eigenvalue weighted by molar-refractivity contribution is -0.226. The number of rotatable bonds is 0. The lowest BCUT2D eigenvalue weighted by Crippen LogP contribution is -2.67. The summed E-state index contributed by atoms with van der Waals surface area (Å²) in [5.41, 5.74) is 1.73. The maximum atomic E-state index is 12.0. The lowest BCUT2D eigenvalue weighted by atomic mass is 9.33. The van der Waals surface area contributed by atoms with Gasteiger partial charge in [-0.3, -0.25) is 0 Å². The van der Waals surface area contributed by atoms with Gasteiger partial charge in [-0.1, -0.05) is 67.0 Å². The number of hydrogen-bond acceptors (Lipinski definition) is 3. The molecule has 0 saturated heterocycles. The molecule has 3 N–H and O–H groups in total. The topological polar surface area (TPSA) is 60.7 Å². The van der Waals surface area contributed by atoms with E-state index >= 15 is 0 Å². The van der Waals surface area contributed by atoms with Gasteiger partial charge in [-0.05, 0) is 95.7 Å². The maximum Gasteiger partial charge on any atom is 0.0762 e. The van der Waals surface area contributed by atoms with Crippen molar-refractivity contribution in [2.24, 2.45) is 56.7 Å². The molecule has 4 fully saturated rings. The van der Waals surface area contributed by atoms with E-state index in [2.05, 4.69) is 61.5 Å². The Kier molecular flexibility index (Phi) is 5.23. The van der Waals surface area contributed by atoms with Gasteiger partial charge in [0.2, 0.25) is 0 Å². The van der Waals surface area contributed by atoms with E-state index in [1.165, 1.54) is 12.0 Å². The molecule has 0 aromatic carbocycles. The Morgan fingerprint density at radius 2 is 1.48 bits per heavy atom. The zero-order valence-electron chi connectivity index (χ0n) is 22.5. The number of hydrogen-bond donors (Lipinski definition) is 3. The van der Waals surface area contributed by atoms with Gasteiger partial charge < -0.3 is 15.3 Å². The van der Waals surface area contributed by atoms with Crippen LogP contribution in [0.2, 0.25) is 0 Å². The second-order valence-electron chi connectivity index (χ2n) is 14.9. The van der Waals surface area contributed by atoms with Crippen LogP contribution >= 0.6 is 0 Å². The number of allylic oxidation sites excluding steroid dienone is 1. The minimum atomic E-state index is -0.423. The minimum Gasteiger partial charge on any atom is -0.393 e. The summed E-state index contributed by atoms with van der Waals surface area (Å²) in [6, 6.07) is 0. The van der Waals surface area contributed by atoms with Crippen LogP contribution in [-0.4, -0.2) is 33.6 Å². The summed E-state index contributed by atoms with van der Waals surface area (Å²) in [6.07, 6.45) is 8.80. The lowest BCUT2D eigenvalue weighted by Gasteiger charge is -2.72. The maximum absolute atomic E-state index is 12.0. The molecule has 12 atom stereocenters. The fraction of sp³-hybridized carbons (Fsp3) is 0.933. The molecule has 3 heteroatoms. The van der Waals surface area contributed by atoms with Crippen LogP contribution in [0.5, 0.6) is 0 Å². The highest BCUT2D eigenvalue weighted by molar-refractivity contribution is 5.36. The van der Waals surface area contributed by atoms with E-state index in [0.717, 1.165) is 38.5 Å². The molecular weight excluding hydrogens is 408 g/mol. The van der Waals surface area contributed by atoms with Crippen LogP contribution in [0.25, 0.3) is 0 Å². The van der Waals surface area contributed by atoms with E-state index in [0.29, 0.717) is 23.7 Å². The molecule has 5 aliphatic carbocycles. The molecule has 33 heavy (non-hydrogen) atoms. The third kappa shape index (κ3) is 2.85. The van der Waals surface area contributed by atoms with Crippen LogP contribution < -0.4 is 0 Å². The molecule has 5 aliphatic rings. The number of aliphatic hydroxyl groups excluding tert-OH is 3. The Hall–Kier alpha value is -0.380. The first-order valence-electron chi connectivity index (χ1n) is 13.9. The van der Waals surface area contributed by atoms with E-state index in [9.17, 15) is 15.3 Å². The van der Waals surface area contributed by atoms with Gasteiger partial charge in [0.15, 0.2) is 0 Å². The molecule has 0 unspecified atom stereocenters. The van der Waals surface area contributed by atoms with Crippen molar-refractivity contribution in [2.45, 2.75) is 119 Å². The van der Waals surface area contributed by atoms with Crippen molar-refractivity contribution in [3.05, 3.63) is 11.6 Å². The standard InChI is InChI=1S/C30H50O3/c1-17-18(2)24-19-15-20(31)25-28(6)11-10-23(33)26(3,4)22(28)9-12-30(25,8)29(19,7)14-13-27(24,5)16-21(17)32/h15,17-18,20-25,31-33H,9-14,16H2,1-8H3/t17-,18-,20-,21+,22-,23-,24-,25+,27-,28-,29+,30+/m0/s1. The van der Waals surface area contributed by atoms with Gasteiger partial charge in [-0.15, -0.1) is 0 Å². The zero-order chi connectivity index (χ0) is 24.4. The highest BCUT2D eigenvalue weighted by Gasteiger charge is 2.70. The molecule has 0 spiro atoms. The zero-order valence-corrected chi connectivity index (χ0v) is 22.5. The monoisotopic (exact) mass is 458 g/mol. The predicted octanol–water partition coefficient (Wildman–Crippen LogP) is 5.97. The third-order valence-corrected chi connectivity index (χ3v) is 13.4. The van der Waals surface area contributed by atoms with Gasteiger partial charge in [-0.2, -0.15) is 0 Å². The van der Waals surface area contributed by atoms with E-state index < -0.39 is 6.10 Å². The van der Waals surface area contributed by atoms with E-state index in [1.807, 2.05) is 0 Å². The molecule has 0 amide bonds. The van der Waals surface area contributed by atoms with Crippen LogP contribution in [0.15, 0.2) is 11.6 Å². The van der Waals surface area contributed by atoms with Crippen molar-refractivity contribution in [1.82, 2.24) is 0 Å². The summed E-state index contributed by atoms with van der Waals surface area (Å²) in [6.45, 7) is 19.0. The Bertz CT molecular complexity index is 847. The smallest absolute Gasteiger partial charge is 0.0762 e. The molecule has 0 heterocycles. The molecular formula is C30H50O3. The van der Waals surface area contributed by atoms with Gasteiger partial charge in [0.1, 0.15) is 0 Å². The summed E-state index contributed by atoms with van der Waals surface area (Å²) in [5.74, 6) is 1.83. The molecule has 0 radical (unpaired) electrons. The van der Waals surface area contributed by atoms with Crippen LogP contribution in [0.4, 0.5) is 0 Å². The number of fused-ring (bicyclic) bond motifs is 7. The molecule has 3 nitrogen and oxygen atoms in total. The Morgan fingerprint density at radius 3 is 2.15 bits per heavy atom. The molecule has 5 rings (SSSR count). The van der Waals surface area contributed by atoms with Gasteiger partial charge in [0.25, 0.3) is 0 Å². The second-order valence-corrected chi connectivity index (χ2v) is 14.9. The highest BCUT2D eigenvalue weighted by atomic mass is 16.3. The van der Waals surface area contributed by atoms with Gasteiger partial charge >= 0.3 is 0 Å². The largest absolute Gasteiger partial charge is 0.393 e. The molecule has 0 bridgehead atoms. The first-order chi connectivity index (χ1) is 15.1. The summed E-state index contributed by atoms with van der Waals surface area (Å²) < 4.78 is 0. The van der Waals surface area contributed by atoms with Gasteiger partial charge in [-0.25, -0.2) is 0 Å². The van der Waals surface area contributed by atoms with Crippen LogP contribution in [0, 0.1) is 56.7 Å². The molecule has 0 aromatic heterocycles. The van der Waals surface area contributed by atoms with Crippen LogP contribution in [0.3, 0.4) is 0 Å². The predicted molar refractivity (Wildman–Crippen MR) is 133 cm³/mol. The van der Waals surface area contributed by atoms with Crippen molar-refractivity contribution in [2.75, 3.05) is 0 Å². The van der Waals surface area contributed by atoms with Crippen molar-refractivity contribution in [1.29, 1.82) is 0 Å². The van der Waals surface area contributed by atoms with Gasteiger partial charge in [0.05, 0.1) is 18.3 Å². The SMILES string of the molecule is C[C@H]1[C@H](C)[C@H]2C3=C[C@H](O)[C@@H]4[C@@]5(C)CC[C@H](O)C(C)(C)[C@@H]5CC[C@@]4(C)[C@]3(C)CC[C@@]2(C)C[C@H]1O. The fourth-order valence-electron chi connectivity index (χ4n) is 11.1. The average Bonchev–Trinajstić information content (AvgIpc) is 2.71. The van der Waals surface area contributed by atoms with Gasteiger partial charge in [0, 0.05) is 5.92 Å². The fourth-order valence-corrected chi connectivity index (χ4v) is 11.1. The summed E-state index contributed by atoms with van der Waals surface area (Å²) in [7, 11) is 0. The van der Waals surface area contributed by atoms with E-state index in [4.69, 9.17) is 0 Å². The Labute approximate surface area is 202 Å². The van der Waals surface area contributed by atoms with Crippen molar-refractivity contribution in [3.8, 4) is 0 Å². The molecule has 0 aliphatic heterocycles. The second kappa shape index (κ2) is 7.10. The molecule has 188 valence electrons. The minimum absolute atomic E-state index is 0.0442. The highest BCUT2D eigenvalue weighted by Crippen LogP contribution is 2.75. The first kappa shape index (κ1) is 24.3. The van der Waals surface area contributed by atoms with Crippen molar-refractivity contribution < 1.29 is 15.3 Å². The van der Waals surface area contributed by atoms with E-state index in [-0.39, 0.29) is 45.2 Å². The number of aliphatic hydroxyl groups is 3. The summed E-state index contributed by atoms with van der Waals surface area (Å²) in [5, 5.41) is 33.7. The Balaban J connectivity index is 1.63. The quantitative estimate of drug-likeness (QED) is 0.392. The Morgan fingerprint density at radius 1 is 0.818 bits per heavy atom. The normalized spacial score (nSPS) is 60.0.